The zero-order chi connectivity index (χ0) is 21.4. The third-order valence-corrected chi connectivity index (χ3v) is 5.64. The van der Waals surface area contributed by atoms with Crippen molar-refractivity contribution in [2.24, 2.45) is 5.10 Å². The van der Waals surface area contributed by atoms with Crippen molar-refractivity contribution in [2.75, 3.05) is 13.7 Å². The maximum atomic E-state index is 14.0. The Balaban J connectivity index is 1.59. The van der Waals surface area contributed by atoms with Crippen LogP contribution in [0.15, 0.2) is 71.8 Å². The molecular formula is C25H23FN2O3. The summed E-state index contributed by atoms with van der Waals surface area (Å²) >= 11 is 0. The average molecular weight is 418 g/mol. The molecule has 2 heterocycles. The van der Waals surface area contributed by atoms with E-state index in [1.54, 1.807) is 13.2 Å². The Hall–Kier alpha value is -3.54. The summed E-state index contributed by atoms with van der Waals surface area (Å²) in [7, 11) is 1.65. The molecule has 3 aromatic rings. The first-order chi connectivity index (χ1) is 15.2. The van der Waals surface area contributed by atoms with Gasteiger partial charge in [-0.3, -0.25) is 0 Å². The number of methoxy groups -OCH3 is 1. The van der Waals surface area contributed by atoms with Crippen LogP contribution in [0.5, 0.6) is 17.2 Å². The first-order valence-corrected chi connectivity index (χ1v) is 10.4. The molecule has 0 aromatic heterocycles. The van der Waals surface area contributed by atoms with Gasteiger partial charge in [-0.05, 0) is 55.0 Å². The zero-order valence-electron chi connectivity index (χ0n) is 17.4. The van der Waals surface area contributed by atoms with E-state index < -0.39 is 6.23 Å². The van der Waals surface area contributed by atoms with Gasteiger partial charge in [0.15, 0.2) is 11.5 Å². The third kappa shape index (κ3) is 3.48. The molecule has 2 atom stereocenters. The van der Waals surface area contributed by atoms with Crippen molar-refractivity contribution in [3.8, 4) is 17.2 Å². The lowest BCUT2D eigenvalue weighted by Gasteiger charge is -2.38. The smallest absolute Gasteiger partial charge is 0.214 e. The summed E-state index contributed by atoms with van der Waals surface area (Å²) in [5.41, 5.74) is 3.70. The molecule has 31 heavy (non-hydrogen) atoms. The molecule has 0 N–H and O–H groups in total. The van der Waals surface area contributed by atoms with Gasteiger partial charge >= 0.3 is 0 Å². The van der Waals surface area contributed by atoms with Crippen LogP contribution in [0.4, 0.5) is 4.39 Å². The number of hydrazone groups is 1. The summed E-state index contributed by atoms with van der Waals surface area (Å²) in [6, 6.07) is 20.2. The number of fused-ring (bicyclic) bond motifs is 3. The van der Waals surface area contributed by atoms with E-state index in [0.29, 0.717) is 30.1 Å². The van der Waals surface area contributed by atoms with E-state index in [1.165, 1.54) is 12.1 Å². The number of ether oxygens (including phenoxy) is 3. The Morgan fingerprint density at radius 1 is 1.10 bits per heavy atom. The Morgan fingerprint density at radius 2 is 1.90 bits per heavy atom. The highest BCUT2D eigenvalue weighted by Gasteiger charge is 2.42. The van der Waals surface area contributed by atoms with Crippen molar-refractivity contribution in [3.05, 3.63) is 89.2 Å². The van der Waals surface area contributed by atoms with Gasteiger partial charge in [-0.1, -0.05) is 24.3 Å². The minimum atomic E-state index is -0.550. The fourth-order valence-corrected chi connectivity index (χ4v) is 4.19. The van der Waals surface area contributed by atoms with Gasteiger partial charge in [-0.2, -0.15) is 5.10 Å². The summed E-state index contributed by atoms with van der Waals surface area (Å²) in [4.78, 5) is 0. The molecule has 5 nitrogen and oxygen atoms in total. The summed E-state index contributed by atoms with van der Waals surface area (Å²) in [6.07, 6.45) is 0.162. The van der Waals surface area contributed by atoms with Gasteiger partial charge in [0.25, 0.3) is 0 Å². The fourth-order valence-electron chi connectivity index (χ4n) is 4.19. The molecule has 0 bridgehead atoms. The molecule has 2 aliphatic heterocycles. The van der Waals surface area contributed by atoms with E-state index in [2.05, 4.69) is 0 Å². The summed E-state index contributed by atoms with van der Waals surface area (Å²) in [5.74, 6) is 1.89. The quantitative estimate of drug-likeness (QED) is 0.551. The number of para-hydroxylation sites is 1. The molecule has 0 spiro atoms. The van der Waals surface area contributed by atoms with Crippen LogP contribution in [0.3, 0.4) is 0 Å². The van der Waals surface area contributed by atoms with E-state index >= 15 is 0 Å². The second-order valence-corrected chi connectivity index (χ2v) is 7.51. The zero-order valence-corrected chi connectivity index (χ0v) is 17.4. The van der Waals surface area contributed by atoms with Crippen molar-refractivity contribution in [2.45, 2.75) is 25.6 Å². The van der Waals surface area contributed by atoms with E-state index in [4.69, 9.17) is 19.3 Å². The molecule has 2 aliphatic rings. The van der Waals surface area contributed by atoms with Gasteiger partial charge in [-0.15, -0.1) is 0 Å². The van der Waals surface area contributed by atoms with Crippen molar-refractivity contribution in [1.29, 1.82) is 0 Å². The van der Waals surface area contributed by atoms with Crippen molar-refractivity contribution >= 4 is 5.71 Å². The first-order valence-electron chi connectivity index (χ1n) is 10.4. The van der Waals surface area contributed by atoms with Crippen LogP contribution in [-0.2, 0) is 0 Å². The Kier molecular flexibility index (Phi) is 4.98. The SMILES string of the molecule is CCOc1cccc2c1O[C@@H](c1cccc(F)c1)N1N=C(c3ccc(OC)cc3)C[C@H]21. The lowest BCUT2D eigenvalue weighted by Crippen LogP contribution is -2.34. The van der Waals surface area contributed by atoms with Crippen LogP contribution in [0, 0.1) is 5.82 Å². The molecular weight excluding hydrogens is 395 g/mol. The second kappa shape index (κ2) is 7.95. The van der Waals surface area contributed by atoms with Crippen molar-refractivity contribution in [3.63, 3.8) is 0 Å². The number of halogens is 1. The molecule has 0 amide bonds. The molecule has 0 unspecified atom stereocenters. The molecule has 5 rings (SSSR count). The monoisotopic (exact) mass is 418 g/mol. The third-order valence-electron chi connectivity index (χ3n) is 5.64. The van der Waals surface area contributed by atoms with E-state index in [9.17, 15) is 4.39 Å². The Labute approximate surface area is 180 Å². The maximum absolute atomic E-state index is 14.0. The minimum Gasteiger partial charge on any atom is -0.497 e. The largest absolute Gasteiger partial charge is 0.497 e. The van der Waals surface area contributed by atoms with Gasteiger partial charge in [0.1, 0.15) is 11.6 Å². The Morgan fingerprint density at radius 3 is 2.65 bits per heavy atom. The predicted octanol–water partition coefficient (Wildman–Crippen LogP) is 5.48. The van der Waals surface area contributed by atoms with Crippen LogP contribution in [0.1, 0.15) is 42.3 Å². The lowest BCUT2D eigenvalue weighted by atomic mass is 9.95. The minimum absolute atomic E-state index is 0.0328. The van der Waals surface area contributed by atoms with E-state index in [0.717, 1.165) is 22.6 Å². The normalized spacial score (nSPS) is 19.2. The molecule has 0 saturated heterocycles. The van der Waals surface area contributed by atoms with Gasteiger partial charge in [-0.25, -0.2) is 9.40 Å². The number of nitrogens with zero attached hydrogens (tertiary/aromatic N) is 2. The van der Waals surface area contributed by atoms with Crippen LogP contribution in [-0.4, -0.2) is 24.4 Å². The van der Waals surface area contributed by atoms with Gasteiger partial charge in [0, 0.05) is 17.5 Å². The lowest BCUT2D eigenvalue weighted by molar-refractivity contribution is -0.0214. The van der Waals surface area contributed by atoms with Crippen molar-refractivity contribution < 1.29 is 18.6 Å². The Bertz CT molecular complexity index is 1130. The van der Waals surface area contributed by atoms with Crippen LogP contribution < -0.4 is 14.2 Å². The van der Waals surface area contributed by atoms with Gasteiger partial charge in [0.2, 0.25) is 6.23 Å². The highest BCUT2D eigenvalue weighted by atomic mass is 19.1. The number of hydrogen-bond donors (Lipinski definition) is 0. The summed E-state index contributed by atoms with van der Waals surface area (Å²) in [6.45, 7) is 2.48. The fraction of sp³-hybridized carbons (Fsp3) is 0.240. The first kappa shape index (κ1) is 19.4. The molecule has 0 radical (unpaired) electrons. The highest BCUT2D eigenvalue weighted by Crippen LogP contribution is 2.50. The molecule has 0 saturated carbocycles. The van der Waals surface area contributed by atoms with Crippen LogP contribution >= 0.6 is 0 Å². The van der Waals surface area contributed by atoms with E-state index in [-0.39, 0.29) is 11.9 Å². The predicted molar refractivity (Wildman–Crippen MR) is 116 cm³/mol. The molecule has 0 aliphatic carbocycles. The molecule has 0 fully saturated rings. The average Bonchev–Trinajstić information content (AvgIpc) is 3.25. The van der Waals surface area contributed by atoms with Crippen LogP contribution in [0.25, 0.3) is 0 Å². The maximum Gasteiger partial charge on any atom is 0.214 e. The molecule has 158 valence electrons. The van der Waals surface area contributed by atoms with Crippen LogP contribution in [0.2, 0.25) is 0 Å². The topological polar surface area (TPSA) is 43.3 Å². The van der Waals surface area contributed by atoms with E-state index in [1.807, 2.05) is 60.5 Å². The number of hydrogen-bond acceptors (Lipinski definition) is 5. The standard InChI is InChI=1S/C25H23FN2O3/c1-3-30-23-9-5-8-20-22-15-21(16-10-12-19(29-2)13-11-16)27-28(22)25(31-24(20)23)17-6-4-7-18(26)14-17/h4-14,22,25H,3,15H2,1-2H3/t22-,25+/m1/s1. The summed E-state index contributed by atoms with van der Waals surface area (Å²) in [5, 5.41) is 6.86. The molecule has 3 aromatic carbocycles. The van der Waals surface area contributed by atoms with Gasteiger partial charge < -0.3 is 14.2 Å². The second-order valence-electron chi connectivity index (χ2n) is 7.51. The van der Waals surface area contributed by atoms with Gasteiger partial charge in [0.05, 0.1) is 25.5 Å². The number of benzene rings is 3. The van der Waals surface area contributed by atoms with Crippen molar-refractivity contribution in [1.82, 2.24) is 5.01 Å². The number of rotatable bonds is 5. The highest BCUT2D eigenvalue weighted by molar-refractivity contribution is 6.02. The molecule has 6 heteroatoms. The summed E-state index contributed by atoms with van der Waals surface area (Å²) < 4.78 is 31.5.